The van der Waals surface area contributed by atoms with Gasteiger partial charge in [-0.2, -0.15) is 0 Å². The van der Waals surface area contributed by atoms with Crippen molar-refractivity contribution in [3.05, 3.63) is 30.1 Å². The molecule has 1 aromatic rings. The average molecular weight is 289 g/mol. The van der Waals surface area contributed by atoms with E-state index in [0.717, 1.165) is 26.1 Å². The summed E-state index contributed by atoms with van der Waals surface area (Å²) in [6.07, 6.45) is 10.6. The van der Waals surface area contributed by atoms with Crippen LogP contribution in [0.2, 0.25) is 0 Å². The number of nitrogens with zero attached hydrogens (tertiary/aromatic N) is 2. The molecule has 1 aliphatic heterocycles. The number of rotatable bonds is 4. The largest absolute Gasteiger partial charge is 0.391 e. The first-order valence-electron chi connectivity index (χ1n) is 8.37. The second kappa shape index (κ2) is 7.34. The maximum Gasteiger partial charge on any atom is 0.0695 e. The minimum atomic E-state index is -0.0972. The maximum atomic E-state index is 10.2. The summed E-state index contributed by atoms with van der Waals surface area (Å²) in [4.78, 5) is 6.57. The van der Waals surface area contributed by atoms with Gasteiger partial charge >= 0.3 is 0 Å². The van der Waals surface area contributed by atoms with Crippen molar-refractivity contribution in [1.82, 2.24) is 15.2 Å². The van der Waals surface area contributed by atoms with Crippen LogP contribution in [-0.4, -0.2) is 46.3 Å². The van der Waals surface area contributed by atoms with Gasteiger partial charge < -0.3 is 10.4 Å². The van der Waals surface area contributed by atoms with Gasteiger partial charge in [0.15, 0.2) is 0 Å². The second-order valence-electron chi connectivity index (χ2n) is 6.47. The molecule has 4 heteroatoms. The fourth-order valence-corrected chi connectivity index (χ4v) is 3.72. The topological polar surface area (TPSA) is 48.4 Å². The van der Waals surface area contributed by atoms with Crippen LogP contribution in [-0.2, 0) is 6.54 Å². The lowest BCUT2D eigenvalue weighted by atomic mass is 9.89. The Balaban J connectivity index is 1.42. The van der Waals surface area contributed by atoms with Crippen LogP contribution in [0.3, 0.4) is 0 Å². The summed E-state index contributed by atoms with van der Waals surface area (Å²) in [6, 6.07) is 5.16. The van der Waals surface area contributed by atoms with Gasteiger partial charge in [-0.15, -0.1) is 0 Å². The summed E-state index contributed by atoms with van der Waals surface area (Å²) in [6.45, 7) is 3.17. The Labute approximate surface area is 127 Å². The van der Waals surface area contributed by atoms with E-state index in [9.17, 15) is 5.11 Å². The van der Waals surface area contributed by atoms with Crippen LogP contribution in [0.4, 0.5) is 0 Å². The zero-order valence-corrected chi connectivity index (χ0v) is 12.7. The van der Waals surface area contributed by atoms with Crippen LogP contribution in [0.5, 0.6) is 0 Å². The molecule has 2 N–H and O–H groups in total. The number of aliphatic hydroxyl groups is 1. The van der Waals surface area contributed by atoms with Gasteiger partial charge in [-0.05, 0) is 43.4 Å². The van der Waals surface area contributed by atoms with E-state index < -0.39 is 0 Å². The third-order valence-corrected chi connectivity index (χ3v) is 5.04. The molecular formula is C17H27N3O. The van der Waals surface area contributed by atoms with Crippen LogP contribution >= 0.6 is 0 Å². The zero-order chi connectivity index (χ0) is 14.5. The molecule has 1 aliphatic carbocycles. The molecule has 2 fully saturated rings. The van der Waals surface area contributed by atoms with Crippen molar-refractivity contribution in [1.29, 1.82) is 0 Å². The second-order valence-corrected chi connectivity index (χ2v) is 6.47. The van der Waals surface area contributed by atoms with E-state index in [4.69, 9.17) is 0 Å². The Morgan fingerprint density at radius 1 is 1.10 bits per heavy atom. The van der Waals surface area contributed by atoms with Gasteiger partial charge in [0.1, 0.15) is 0 Å². The van der Waals surface area contributed by atoms with Gasteiger partial charge in [0.2, 0.25) is 0 Å². The van der Waals surface area contributed by atoms with E-state index in [1.165, 1.54) is 37.7 Å². The predicted molar refractivity (Wildman–Crippen MR) is 83.9 cm³/mol. The standard InChI is InChI=1S/C17H27N3O/c21-17-4-2-1-3-16(17)20-11-7-15(8-12-20)19-13-14-5-9-18-10-6-14/h5-6,9-10,15-17,19,21H,1-4,7-8,11-13H2. The van der Waals surface area contributed by atoms with Gasteiger partial charge in [-0.25, -0.2) is 0 Å². The van der Waals surface area contributed by atoms with Crippen molar-refractivity contribution in [3.63, 3.8) is 0 Å². The molecule has 3 rings (SSSR count). The highest BCUT2D eigenvalue weighted by Crippen LogP contribution is 2.25. The first-order chi connectivity index (χ1) is 10.3. The molecule has 4 nitrogen and oxygen atoms in total. The number of hydrogen-bond donors (Lipinski definition) is 2. The highest BCUT2D eigenvalue weighted by Gasteiger charge is 2.31. The minimum Gasteiger partial charge on any atom is -0.391 e. The number of piperidine rings is 1. The molecule has 0 amide bonds. The number of nitrogens with one attached hydrogen (secondary N) is 1. The lowest BCUT2D eigenvalue weighted by molar-refractivity contribution is 0.00714. The van der Waals surface area contributed by atoms with Crippen LogP contribution in [0, 0.1) is 0 Å². The molecule has 0 radical (unpaired) electrons. The maximum absolute atomic E-state index is 10.2. The van der Waals surface area contributed by atoms with Crippen molar-refractivity contribution >= 4 is 0 Å². The molecule has 0 spiro atoms. The number of likely N-dealkylation sites (tertiary alicyclic amines) is 1. The lowest BCUT2D eigenvalue weighted by Crippen LogP contribution is -2.51. The van der Waals surface area contributed by atoms with E-state index >= 15 is 0 Å². The number of aromatic nitrogens is 1. The molecule has 2 aliphatic rings. The van der Waals surface area contributed by atoms with Gasteiger partial charge in [0, 0.05) is 44.1 Å². The zero-order valence-electron chi connectivity index (χ0n) is 12.7. The molecule has 1 saturated carbocycles. The van der Waals surface area contributed by atoms with Crippen LogP contribution in [0.15, 0.2) is 24.5 Å². The molecule has 116 valence electrons. The van der Waals surface area contributed by atoms with Crippen molar-refractivity contribution < 1.29 is 5.11 Å². The molecular weight excluding hydrogens is 262 g/mol. The normalized spacial score (nSPS) is 28.6. The van der Waals surface area contributed by atoms with E-state index in [1.54, 1.807) is 0 Å². The Hall–Kier alpha value is -0.970. The van der Waals surface area contributed by atoms with E-state index in [-0.39, 0.29) is 6.10 Å². The molecule has 0 bridgehead atoms. The first kappa shape index (κ1) is 14.9. The summed E-state index contributed by atoms with van der Waals surface area (Å²) < 4.78 is 0. The summed E-state index contributed by atoms with van der Waals surface area (Å²) in [5, 5.41) is 13.8. The SMILES string of the molecule is OC1CCCCC1N1CCC(NCc2ccncc2)CC1. The third-order valence-electron chi connectivity index (χ3n) is 5.04. The minimum absolute atomic E-state index is 0.0972. The monoisotopic (exact) mass is 289 g/mol. The van der Waals surface area contributed by atoms with Crippen LogP contribution < -0.4 is 5.32 Å². The highest BCUT2D eigenvalue weighted by atomic mass is 16.3. The van der Waals surface area contributed by atoms with Crippen LogP contribution in [0.1, 0.15) is 44.1 Å². The Kier molecular flexibility index (Phi) is 5.22. The van der Waals surface area contributed by atoms with Crippen LogP contribution in [0.25, 0.3) is 0 Å². The molecule has 0 aromatic carbocycles. The van der Waals surface area contributed by atoms with Gasteiger partial charge in [-0.3, -0.25) is 9.88 Å². The van der Waals surface area contributed by atoms with E-state index in [0.29, 0.717) is 12.1 Å². The Morgan fingerprint density at radius 2 is 1.81 bits per heavy atom. The summed E-state index contributed by atoms with van der Waals surface area (Å²) in [7, 11) is 0. The molecule has 2 heterocycles. The average Bonchev–Trinajstić information content (AvgIpc) is 2.55. The molecule has 2 atom stereocenters. The predicted octanol–water partition coefficient (Wildman–Crippen LogP) is 1.94. The van der Waals surface area contributed by atoms with Crippen molar-refractivity contribution in [2.24, 2.45) is 0 Å². The van der Waals surface area contributed by atoms with Gasteiger partial charge in [0.05, 0.1) is 6.10 Å². The number of pyridine rings is 1. The first-order valence-corrected chi connectivity index (χ1v) is 8.37. The Morgan fingerprint density at radius 3 is 2.52 bits per heavy atom. The third kappa shape index (κ3) is 4.02. The van der Waals surface area contributed by atoms with E-state index in [2.05, 4.69) is 27.3 Å². The Bertz CT molecular complexity index is 417. The number of aliphatic hydroxyl groups excluding tert-OH is 1. The van der Waals surface area contributed by atoms with E-state index in [1.807, 2.05) is 12.4 Å². The summed E-state index contributed by atoms with van der Waals surface area (Å²) >= 11 is 0. The quantitative estimate of drug-likeness (QED) is 0.889. The highest BCUT2D eigenvalue weighted by molar-refractivity contribution is 5.09. The smallest absolute Gasteiger partial charge is 0.0695 e. The fraction of sp³-hybridized carbons (Fsp3) is 0.706. The number of hydrogen-bond acceptors (Lipinski definition) is 4. The summed E-state index contributed by atoms with van der Waals surface area (Å²) in [5.74, 6) is 0. The van der Waals surface area contributed by atoms with Crippen molar-refractivity contribution in [2.45, 2.75) is 63.3 Å². The molecule has 1 aromatic heterocycles. The van der Waals surface area contributed by atoms with Crippen molar-refractivity contribution in [2.75, 3.05) is 13.1 Å². The fourth-order valence-electron chi connectivity index (χ4n) is 3.72. The lowest BCUT2D eigenvalue weighted by Gasteiger charge is -2.41. The molecule has 2 unspecified atom stereocenters. The van der Waals surface area contributed by atoms with Crippen molar-refractivity contribution in [3.8, 4) is 0 Å². The molecule has 1 saturated heterocycles. The molecule has 21 heavy (non-hydrogen) atoms. The van der Waals surface area contributed by atoms with Gasteiger partial charge in [0.25, 0.3) is 0 Å². The van der Waals surface area contributed by atoms with Gasteiger partial charge in [-0.1, -0.05) is 12.8 Å². The summed E-state index contributed by atoms with van der Waals surface area (Å²) in [5.41, 5.74) is 1.30.